The van der Waals surface area contributed by atoms with Crippen LogP contribution in [0.5, 0.6) is 0 Å². The predicted molar refractivity (Wildman–Crippen MR) is 56.1 cm³/mol. The van der Waals surface area contributed by atoms with E-state index in [9.17, 15) is 9.59 Å². The molecule has 86 valence electrons. The number of carboxylic acid groups (broad SMARTS) is 1. The molecular formula is C10H13N3O3. The summed E-state index contributed by atoms with van der Waals surface area (Å²) in [5.41, 5.74) is 7.31. The van der Waals surface area contributed by atoms with E-state index in [0.29, 0.717) is 24.3 Å². The minimum atomic E-state index is -0.972. The minimum Gasteiger partial charge on any atom is -0.465 e. The van der Waals surface area contributed by atoms with Crippen LogP contribution in [0.1, 0.15) is 21.7 Å². The second-order valence-electron chi connectivity index (χ2n) is 3.87. The van der Waals surface area contributed by atoms with Gasteiger partial charge < -0.3 is 20.3 Å². The molecule has 0 saturated carbocycles. The molecule has 2 rings (SSSR count). The van der Waals surface area contributed by atoms with Crippen molar-refractivity contribution >= 4 is 12.0 Å². The maximum absolute atomic E-state index is 11.2. The highest BCUT2D eigenvalue weighted by molar-refractivity contribution is 5.94. The summed E-state index contributed by atoms with van der Waals surface area (Å²) in [7, 11) is 0. The molecule has 1 aliphatic rings. The Morgan fingerprint density at radius 2 is 2.12 bits per heavy atom. The van der Waals surface area contributed by atoms with Crippen molar-refractivity contribution in [2.24, 2.45) is 5.73 Å². The lowest BCUT2D eigenvalue weighted by Crippen LogP contribution is -2.38. The molecule has 0 saturated heterocycles. The summed E-state index contributed by atoms with van der Waals surface area (Å²) in [6.45, 7) is 3.12. The van der Waals surface area contributed by atoms with Gasteiger partial charge in [-0.05, 0) is 13.0 Å². The van der Waals surface area contributed by atoms with Crippen LogP contribution < -0.4 is 5.73 Å². The Kier molecular flexibility index (Phi) is 2.34. The first-order valence-electron chi connectivity index (χ1n) is 4.97. The van der Waals surface area contributed by atoms with E-state index in [1.807, 2.05) is 11.5 Å². The summed E-state index contributed by atoms with van der Waals surface area (Å²) in [5.74, 6) is -0.510. The summed E-state index contributed by atoms with van der Waals surface area (Å²) < 4.78 is 1.94. The highest BCUT2D eigenvalue weighted by atomic mass is 16.4. The summed E-state index contributed by atoms with van der Waals surface area (Å²) in [6, 6.07) is 1.71. The third-order valence-electron chi connectivity index (χ3n) is 2.89. The number of aryl methyl sites for hydroxylation is 1. The molecule has 0 spiro atoms. The summed E-state index contributed by atoms with van der Waals surface area (Å²) in [6.07, 6.45) is -0.972. The van der Waals surface area contributed by atoms with Gasteiger partial charge in [-0.15, -0.1) is 0 Å². The number of primary amides is 1. The highest BCUT2D eigenvalue weighted by Gasteiger charge is 2.25. The molecule has 2 heterocycles. The number of nitrogens with two attached hydrogens (primary N) is 1. The van der Waals surface area contributed by atoms with Crippen LogP contribution in [0.4, 0.5) is 4.79 Å². The van der Waals surface area contributed by atoms with Crippen LogP contribution in [0.2, 0.25) is 0 Å². The lowest BCUT2D eigenvalue weighted by Gasteiger charge is -2.27. The molecule has 1 aromatic heterocycles. The number of hydrogen-bond acceptors (Lipinski definition) is 2. The number of nitrogens with zero attached hydrogens (tertiary/aromatic N) is 2. The quantitative estimate of drug-likeness (QED) is 0.721. The van der Waals surface area contributed by atoms with Gasteiger partial charge in [0.1, 0.15) is 0 Å². The number of aromatic nitrogens is 1. The van der Waals surface area contributed by atoms with E-state index in [0.717, 1.165) is 5.69 Å². The first-order valence-corrected chi connectivity index (χ1v) is 4.97. The van der Waals surface area contributed by atoms with Gasteiger partial charge in [-0.1, -0.05) is 0 Å². The van der Waals surface area contributed by atoms with Crippen LogP contribution in [-0.2, 0) is 13.1 Å². The number of rotatable bonds is 1. The van der Waals surface area contributed by atoms with Crippen molar-refractivity contribution in [1.29, 1.82) is 0 Å². The molecule has 0 radical (unpaired) electrons. The fraction of sp³-hybridized carbons (Fsp3) is 0.400. The number of hydrogen-bond donors (Lipinski definition) is 2. The number of fused-ring (bicyclic) bond motifs is 1. The Morgan fingerprint density at radius 3 is 2.69 bits per heavy atom. The predicted octanol–water partition coefficient (Wildman–Crippen LogP) is 0.389. The summed E-state index contributed by atoms with van der Waals surface area (Å²) >= 11 is 0. The van der Waals surface area contributed by atoms with Crippen LogP contribution in [-0.4, -0.2) is 33.1 Å². The highest BCUT2D eigenvalue weighted by Crippen LogP contribution is 2.21. The average molecular weight is 223 g/mol. The van der Waals surface area contributed by atoms with Crippen LogP contribution in [0, 0.1) is 6.92 Å². The van der Waals surface area contributed by atoms with E-state index < -0.39 is 12.0 Å². The Balaban J connectivity index is 2.42. The Hall–Kier alpha value is -1.98. The van der Waals surface area contributed by atoms with Crippen molar-refractivity contribution in [3.8, 4) is 0 Å². The van der Waals surface area contributed by atoms with Crippen LogP contribution in [0.15, 0.2) is 6.07 Å². The maximum atomic E-state index is 11.2. The van der Waals surface area contributed by atoms with Gasteiger partial charge in [0.05, 0.1) is 17.8 Å². The normalized spacial score (nSPS) is 14.7. The second-order valence-corrected chi connectivity index (χ2v) is 3.87. The summed E-state index contributed by atoms with van der Waals surface area (Å²) in [5, 5.41) is 8.90. The molecule has 6 nitrogen and oxygen atoms in total. The third kappa shape index (κ3) is 1.52. The van der Waals surface area contributed by atoms with Gasteiger partial charge in [0.2, 0.25) is 0 Å². The maximum Gasteiger partial charge on any atom is 0.407 e. The zero-order valence-corrected chi connectivity index (χ0v) is 8.93. The largest absolute Gasteiger partial charge is 0.465 e. The van der Waals surface area contributed by atoms with Gasteiger partial charge in [0, 0.05) is 18.8 Å². The Morgan fingerprint density at radius 1 is 1.44 bits per heavy atom. The first-order chi connectivity index (χ1) is 7.50. The molecule has 0 aliphatic carbocycles. The average Bonchev–Trinajstić information content (AvgIpc) is 2.56. The van der Waals surface area contributed by atoms with Gasteiger partial charge in [-0.25, -0.2) is 4.79 Å². The molecule has 0 fully saturated rings. The number of carbonyl (C=O) groups excluding carboxylic acids is 1. The molecular weight excluding hydrogens is 210 g/mol. The van der Waals surface area contributed by atoms with Crippen LogP contribution in [0.25, 0.3) is 0 Å². The van der Waals surface area contributed by atoms with Crippen molar-refractivity contribution in [3.63, 3.8) is 0 Å². The van der Waals surface area contributed by atoms with E-state index >= 15 is 0 Å². The summed E-state index contributed by atoms with van der Waals surface area (Å²) in [4.78, 5) is 23.3. The Bertz CT molecular complexity index is 464. The molecule has 6 heteroatoms. The lowest BCUT2D eigenvalue weighted by atomic mass is 10.2. The minimum absolute atomic E-state index is 0.224. The van der Waals surface area contributed by atoms with Crippen molar-refractivity contribution in [1.82, 2.24) is 9.47 Å². The smallest absolute Gasteiger partial charge is 0.407 e. The molecule has 0 unspecified atom stereocenters. The fourth-order valence-corrected chi connectivity index (χ4v) is 2.07. The molecule has 16 heavy (non-hydrogen) atoms. The molecule has 0 bridgehead atoms. The van der Waals surface area contributed by atoms with Crippen molar-refractivity contribution in [3.05, 3.63) is 23.0 Å². The monoisotopic (exact) mass is 223 g/mol. The molecule has 1 aliphatic heterocycles. The number of amides is 2. The molecule has 2 amide bonds. The van der Waals surface area contributed by atoms with Crippen LogP contribution in [0.3, 0.4) is 0 Å². The third-order valence-corrected chi connectivity index (χ3v) is 2.89. The molecule has 0 atom stereocenters. The first kappa shape index (κ1) is 10.5. The number of carbonyl (C=O) groups is 2. The van der Waals surface area contributed by atoms with Gasteiger partial charge in [-0.3, -0.25) is 4.79 Å². The Labute approximate surface area is 92.3 Å². The molecule has 0 aromatic carbocycles. The van der Waals surface area contributed by atoms with Gasteiger partial charge in [0.15, 0.2) is 0 Å². The zero-order valence-electron chi connectivity index (χ0n) is 8.93. The van der Waals surface area contributed by atoms with E-state index in [2.05, 4.69) is 0 Å². The topological polar surface area (TPSA) is 88.6 Å². The van der Waals surface area contributed by atoms with Crippen molar-refractivity contribution < 1.29 is 14.7 Å². The van der Waals surface area contributed by atoms with E-state index in [1.165, 1.54) is 4.90 Å². The second kappa shape index (κ2) is 3.55. The van der Waals surface area contributed by atoms with Gasteiger partial charge >= 0.3 is 6.09 Å². The molecule has 3 N–H and O–H groups in total. The van der Waals surface area contributed by atoms with Gasteiger partial charge in [-0.2, -0.15) is 0 Å². The standard InChI is InChI=1S/C10H13N3O3/c1-6-4-7(9(11)14)8-5-12(10(15)16)2-3-13(6)8/h4H,2-3,5H2,1H3,(H2,11,14)(H,15,16). The SMILES string of the molecule is Cc1cc(C(N)=O)c2n1CCN(C(=O)O)C2. The van der Waals surface area contributed by atoms with E-state index in [1.54, 1.807) is 6.07 Å². The molecule has 1 aromatic rings. The lowest BCUT2D eigenvalue weighted by molar-refractivity contribution is 0.0993. The van der Waals surface area contributed by atoms with Crippen LogP contribution >= 0.6 is 0 Å². The van der Waals surface area contributed by atoms with E-state index in [-0.39, 0.29) is 6.54 Å². The van der Waals surface area contributed by atoms with Crippen molar-refractivity contribution in [2.75, 3.05) is 6.54 Å². The zero-order chi connectivity index (χ0) is 11.9. The van der Waals surface area contributed by atoms with Gasteiger partial charge in [0.25, 0.3) is 5.91 Å². The van der Waals surface area contributed by atoms with E-state index in [4.69, 9.17) is 10.8 Å². The fourth-order valence-electron chi connectivity index (χ4n) is 2.07. The van der Waals surface area contributed by atoms with Crippen molar-refractivity contribution in [2.45, 2.75) is 20.0 Å².